The lowest BCUT2D eigenvalue weighted by molar-refractivity contribution is -0.137. The highest BCUT2D eigenvalue weighted by Crippen LogP contribution is 2.27. The van der Waals surface area contributed by atoms with Crippen LogP contribution in [0.4, 0.5) is 5.69 Å². The number of hydrogen-bond donors (Lipinski definition) is 3. The Hall–Kier alpha value is -2.71. The van der Waals surface area contributed by atoms with Crippen molar-refractivity contribution in [3.05, 3.63) is 59.7 Å². The zero-order valence-electron chi connectivity index (χ0n) is 13.1. The fraction of sp³-hybridized carbons (Fsp3) is 0.176. The Morgan fingerprint density at radius 3 is 2.60 bits per heavy atom. The van der Waals surface area contributed by atoms with E-state index in [1.807, 2.05) is 0 Å². The Morgan fingerprint density at radius 1 is 1.20 bits per heavy atom. The average molecular weight is 360 g/mol. The van der Waals surface area contributed by atoms with Gasteiger partial charge in [0.05, 0.1) is 23.8 Å². The van der Waals surface area contributed by atoms with Gasteiger partial charge in [-0.3, -0.25) is 9.59 Å². The SMILES string of the molecule is O=C(O)CC(NS(=O)(=O)c1ccc2c(c1)CC(=O)N2)c1ccccc1. The standard InChI is InChI=1S/C17H16N2O5S/c20-16-9-12-8-13(6-7-14(12)18-16)25(23,24)19-15(10-17(21)22)11-4-2-1-3-5-11/h1-8,15,19H,9-10H2,(H,18,20)(H,21,22). The summed E-state index contributed by atoms with van der Waals surface area (Å²) in [6.45, 7) is 0. The van der Waals surface area contributed by atoms with Crippen LogP contribution in [-0.4, -0.2) is 25.4 Å². The number of carbonyl (C=O) groups is 2. The van der Waals surface area contributed by atoms with E-state index in [2.05, 4.69) is 10.0 Å². The van der Waals surface area contributed by atoms with E-state index in [1.54, 1.807) is 30.3 Å². The molecule has 3 N–H and O–H groups in total. The fourth-order valence-corrected chi connectivity index (χ4v) is 3.99. The number of nitrogens with one attached hydrogen (secondary N) is 2. The summed E-state index contributed by atoms with van der Waals surface area (Å²) in [6, 6.07) is 12.0. The molecule has 3 rings (SSSR count). The van der Waals surface area contributed by atoms with Gasteiger partial charge in [0.1, 0.15) is 0 Å². The van der Waals surface area contributed by atoms with Crippen LogP contribution in [0.25, 0.3) is 0 Å². The smallest absolute Gasteiger partial charge is 0.305 e. The molecule has 1 atom stereocenters. The maximum Gasteiger partial charge on any atom is 0.305 e. The van der Waals surface area contributed by atoms with Crippen molar-refractivity contribution in [1.82, 2.24) is 4.72 Å². The number of aliphatic carboxylic acids is 1. The molecule has 0 radical (unpaired) electrons. The molecule has 0 aromatic heterocycles. The number of carbonyl (C=O) groups excluding carboxylic acids is 1. The normalized spacial score (nSPS) is 14.6. The van der Waals surface area contributed by atoms with E-state index in [9.17, 15) is 18.0 Å². The summed E-state index contributed by atoms with van der Waals surface area (Å²) < 4.78 is 27.8. The molecule has 0 saturated heterocycles. The van der Waals surface area contributed by atoms with Crippen LogP contribution < -0.4 is 10.0 Å². The van der Waals surface area contributed by atoms with Crippen LogP contribution in [0.15, 0.2) is 53.4 Å². The first-order chi connectivity index (χ1) is 11.8. The van der Waals surface area contributed by atoms with Crippen LogP contribution in [0.1, 0.15) is 23.6 Å². The second-order valence-electron chi connectivity index (χ2n) is 5.73. The first-order valence-corrected chi connectivity index (χ1v) is 9.05. The highest BCUT2D eigenvalue weighted by molar-refractivity contribution is 7.89. The zero-order valence-corrected chi connectivity index (χ0v) is 13.9. The van der Waals surface area contributed by atoms with Gasteiger partial charge in [0.25, 0.3) is 0 Å². The van der Waals surface area contributed by atoms with Gasteiger partial charge in [0.2, 0.25) is 15.9 Å². The van der Waals surface area contributed by atoms with E-state index in [1.165, 1.54) is 18.2 Å². The average Bonchev–Trinajstić information content (AvgIpc) is 2.93. The van der Waals surface area contributed by atoms with Crippen LogP contribution in [-0.2, 0) is 26.0 Å². The minimum absolute atomic E-state index is 0.00549. The third-order valence-corrected chi connectivity index (χ3v) is 5.36. The van der Waals surface area contributed by atoms with Gasteiger partial charge in [0.15, 0.2) is 0 Å². The highest BCUT2D eigenvalue weighted by Gasteiger charge is 2.26. The lowest BCUT2D eigenvalue weighted by Crippen LogP contribution is -2.30. The molecule has 1 amide bonds. The Labute approximate surface area is 144 Å². The first-order valence-electron chi connectivity index (χ1n) is 7.57. The van der Waals surface area contributed by atoms with Crippen molar-refractivity contribution in [2.75, 3.05) is 5.32 Å². The number of anilines is 1. The Kier molecular flexibility index (Phi) is 4.56. The van der Waals surface area contributed by atoms with E-state index in [-0.39, 0.29) is 23.6 Å². The number of carboxylic acid groups (broad SMARTS) is 1. The topological polar surface area (TPSA) is 113 Å². The minimum atomic E-state index is -3.94. The molecule has 1 aliphatic heterocycles. The molecule has 0 saturated carbocycles. The van der Waals surface area contributed by atoms with Crippen molar-refractivity contribution in [2.24, 2.45) is 0 Å². The maximum absolute atomic E-state index is 12.7. The Balaban J connectivity index is 1.90. The molecule has 2 aromatic rings. The summed E-state index contributed by atoms with van der Waals surface area (Å²) in [5.41, 5.74) is 1.75. The summed E-state index contributed by atoms with van der Waals surface area (Å²) in [6.07, 6.45) is -0.260. The first kappa shape index (κ1) is 17.1. The molecule has 25 heavy (non-hydrogen) atoms. The van der Waals surface area contributed by atoms with Gasteiger partial charge in [-0.2, -0.15) is 0 Å². The van der Waals surface area contributed by atoms with Crippen molar-refractivity contribution in [1.29, 1.82) is 0 Å². The van der Waals surface area contributed by atoms with E-state index >= 15 is 0 Å². The van der Waals surface area contributed by atoms with Crippen LogP contribution in [0, 0.1) is 0 Å². The molecule has 1 unspecified atom stereocenters. The number of fused-ring (bicyclic) bond motifs is 1. The van der Waals surface area contributed by atoms with Crippen LogP contribution in [0.5, 0.6) is 0 Å². The second-order valence-corrected chi connectivity index (χ2v) is 7.44. The molecule has 0 spiro atoms. The monoisotopic (exact) mass is 360 g/mol. The van der Waals surface area contributed by atoms with E-state index in [0.29, 0.717) is 16.8 Å². The Morgan fingerprint density at radius 2 is 1.92 bits per heavy atom. The molecule has 1 heterocycles. The van der Waals surface area contributed by atoms with Crippen LogP contribution in [0.2, 0.25) is 0 Å². The van der Waals surface area contributed by atoms with Crippen molar-refractivity contribution >= 4 is 27.6 Å². The minimum Gasteiger partial charge on any atom is -0.481 e. The number of carboxylic acids is 1. The quantitative estimate of drug-likeness (QED) is 0.725. The van der Waals surface area contributed by atoms with Crippen molar-refractivity contribution in [3.8, 4) is 0 Å². The molecule has 2 aromatic carbocycles. The summed E-state index contributed by atoms with van der Waals surface area (Å²) in [4.78, 5) is 22.5. The van der Waals surface area contributed by atoms with Crippen molar-refractivity contribution in [3.63, 3.8) is 0 Å². The largest absolute Gasteiger partial charge is 0.481 e. The van der Waals surface area contributed by atoms with E-state index in [4.69, 9.17) is 5.11 Å². The summed E-state index contributed by atoms with van der Waals surface area (Å²) >= 11 is 0. The summed E-state index contributed by atoms with van der Waals surface area (Å²) in [5.74, 6) is -1.30. The molecular weight excluding hydrogens is 344 g/mol. The molecule has 0 bridgehead atoms. The summed E-state index contributed by atoms with van der Waals surface area (Å²) in [5, 5.41) is 11.7. The van der Waals surface area contributed by atoms with Crippen molar-refractivity contribution in [2.45, 2.75) is 23.8 Å². The number of rotatable bonds is 6. The van der Waals surface area contributed by atoms with Gasteiger partial charge in [-0.05, 0) is 29.3 Å². The van der Waals surface area contributed by atoms with Crippen LogP contribution >= 0.6 is 0 Å². The van der Waals surface area contributed by atoms with Crippen molar-refractivity contribution < 1.29 is 23.1 Å². The number of amides is 1. The molecule has 7 nitrogen and oxygen atoms in total. The second kappa shape index (κ2) is 6.66. The van der Waals surface area contributed by atoms with Gasteiger partial charge in [-0.15, -0.1) is 0 Å². The summed E-state index contributed by atoms with van der Waals surface area (Å²) in [7, 11) is -3.94. The number of sulfonamides is 1. The van der Waals surface area contributed by atoms with Crippen LogP contribution in [0.3, 0.4) is 0 Å². The van der Waals surface area contributed by atoms with E-state index < -0.39 is 22.0 Å². The number of benzene rings is 2. The van der Waals surface area contributed by atoms with E-state index in [0.717, 1.165) is 0 Å². The van der Waals surface area contributed by atoms with Gasteiger partial charge in [-0.1, -0.05) is 30.3 Å². The molecule has 8 heteroatoms. The molecular formula is C17H16N2O5S. The maximum atomic E-state index is 12.7. The lowest BCUT2D eigenvalue weighted by atomic mass is 10.1. The fourth-order valence-electron chi connectivity index (χ4n) is 2.72. The lowest BCUT2D eigenvalue weighted by Gasteiger charge is -2.18. The zero-order chi connectivity index (χ0) is 18.0. The molecule has 0 aliphatic carbocycles. The third-order valence-electron chi connectivity index (χ3n) is 3.89. The van der Waals surface area contributed by atoms with Gasteiger partial charge >= 0.3 is 5.97 Å². The highest BCUT2D eigenvalue weighted by atomic mass is 32.2. The predicted molar refractivity (Wildman–Crippen MR) is 90.5 cm³/mol. The van der Waals surface area contributed by atoms with Gasteiger partial charge < -0.3 is 10.4 Å². The van der Waals surface area contributed by atoms with Gasteiger partial charge in [-0.25, -0.2) is 13.1 Å². The Bertz CT molecular complexity index is 925. The predicted octanol–water partition coefficient (Wildman–Crippen LogP) is 1.68. The molecule has 0 fully saturated rings. The number of hydrogen-bond acceptors (Lipinski definition) is 4. The molecule has 130 valence electrons. The third kappa shape index (κ3) is 3.86. The molecule has 1 aliphatic rings. The van der Waals surface area contributed by atoms with Gasteiger partial charge in [0, 0.05) is 5.69 Å².